The number of hydrogen-bond acceptors (Lipinski definition) is 3. The van der Waals surface area contributed by atoms with Crippen LogP contribution in [-0.2, 0) is 4.74 Å². The number of hydrogen-bond donors (Lipinski definition) is 0. The van der Waals surface area contributed by atoms with Crippen molar-refractivity contribution in [2.75, 3.05) is 0 Å². The Labute approximate surface area is 93.1 Å². The number of benzene rings is 1. The maximum Gasteiger partial charge on any atom is 0.130 e. The van der Waals surface area contributed by atoms with Crippen LogP contribution in [-0.4, -0.2) is 9.97 Å². The molecule has 1 aliphatic rings. The van der Waals surface area contributed by atoms with Crippen molar-refractivity contribution >= 4 is 16.8 Å². The number of rotatable bonds is 1. The van der Waals surface area contributed by atoms with Crippen LogP contribution in [0.25, 0.3) is 16.8 Å². The summed E-state index contributed by atoms with van der Waals surface area (Å²) in [5.41, 5.74) is 2.83. The molecule has 0 amide bonds. The number of ether oxygens (including phenoxy) is 1. The highest BCUT2D eigenvalue weighted by atomic mass is 16.5. The van der Waals surface area contributed by atoms with E-state index in [4.69, 9.17) is 4.74 Å². The first-order valence-electron chi connectivity index (χ1n) is 5.16. The van der Waals surface area contributed by atoms with Crippen LogP contribution in [0.15, 0.2) is 49.0 Å². The largest absolute Gasteiger partial charge is 0.465 e. The Morgan fingerprint density at radius 1 is 1.06 bits per heavy atom. The lowest BCUT2D eigenvalue weighted by atomic mass is 10.1. The minimum atomic E-state index is 0.884. The van der Waals surface area contributed by atoms with Gasteiger partial charge in [0.05, 0.1) is 17.3 Å². The third-order valence-electron chi connectivity index (χ3n) is 2.48. The van der Waals surface area contributed by atoms with Crippen molar-refractivity contribution in [2.45, 2.75) is 6.42 Å². The van der Waals surface area contributed by atoms with Crippen molar-refractivity contribution in [3.05, 3.63) is 54.6 Å². The molecule has 0 unspecified atom stereocenters. The van der Waals surface area contributed by atoms with Gasteiger partial charge in [0.25, 0.3) is 0 Å². The van der Waals surface area contributed by atoms with Crippen LogP contribution >= 0.6 is 0 Å². The molecule has 0 atom stereocenters. The Kier molecular flexibility index (Phi) is 2.14. The van der Waals surface area contributed by atoms with E-state index in [0.29, 0.717) is 0 Å². The molecule has 0 spiro atoms. The molecular weight excluding hydrogens is 200 g/mol. The third-order valence-corrected chi connectivity index (χ3v) is 2.48. The number of nitrogens with zero attached hydrogens (tertiary/aromatic N) is 2. The first-order valence-corrected chi connectivity index (χ1v) is 5.16. The number of allylic oxidation sites excluding steroid dienone is 2. The van der Waals surface area contributed by atoms with Crippen molar-refractivity contribution in [1.82, 2.24) is 9.97 Å². The fourth-order valence-electron chi connectivity index (χ4n) is 1.70. The maximum absolute atomic E-state index is 5.45. The van der Waals surface area contributed by atoms with Gasteiger partial charge in [0.1, 0.15) is 5.76 Å². The van der Waals surface area contributed by atoms with Gasteiger partial charge in [-0.3, -0.25) is 9.97 Å². The molecule has 1 aromatic carbocycles. The zero-order chi connectivity index (χ0) is 10.8. The van der Waals surface area contributed by atoms with E-state index in [1.807, 2.05) is 24.3 Å². The van der Waals surface area contributed by atoms with Gasteiger partial charge in [0.2, 0.25) is 0 Å². The summed E-state index contributed by atoms with van der Waals surface area (Å²) >= 11 is 0. The topological polar surface area (TPSA) is 35.0 Å². The molecule has 2 aromatic rings. The second-order valence-corrected chi connectivity index (χ2v) is 3.55. The normalized spacial score (nSPS) is 14.6. The average Bonchev–Trinajstić information content (AvgIpc) is 2.39. The van der Waals surface area contributed by atoms with Gasteiger partial charge in [0, 0.05) is 18.0 Å². The first-order chi connectivity index (χ1) is 7.93. The van der Waals surface area contributed by atoms with E-state index in [-0.39, 0.29) is 0 Å². The lowest BCUT2D eigenvalue weighted by Gasteiger charge is -2.10. The summed E-state index contributed by atoms with van der Waals surface area (Å²) in [5, 5.41) is 0. The lowest BCUT2D eigenvalue weighted by molar-refractivity contribution is 0.428. The molecule has 1 aliphatic heterocycles. The van der Waals surface area contributed by atoms with Gasteiger partial charge in [-0.15, -0.1) is 0 Å². The molecule has 16 heavy (non-hydrogen) atoms. The second kappa shape index (κ2) is 3.77. The highest BCUT2D eigenvalue weighted by molar-refractivity contribution is 5.78. The van der Waals surface area contributed by atoms with Crippen molar-refractivity contribution < 1.29 is 4.74 Å². The molecule has 0 aliphatic carbocycles. The zero-order valence-electron chi connectivity index (χ0n) is 8.63. The van der Waals surface area contributed by atoms with E-state index in [1.165, 1.54) is 0 Å². The van der Waals surface area contributed by atoms with E-state index in [0.717, 1.165) is 28.8 Å². The van der Waals surface area contributed by atoms with Gasteiger partial charge >= 0.3 is 0 Å². The molecule has 3 rings (SSSR count). The lowest BCUT2D eigenvalue weighted by Crippen LogP contribution is -1.91. The highest BCUT2D eigenvalue weighted by Crippen LogP contribution is 2.22. The number of aromatic nitrogens is 2. The molecule has 78 valence electrons. The molecule has 1 aromatic heterocycles. The Balaban J connectivity index is 2.08. The van der Waals surface area contributed by atoms with Crippen LogP contribution < -0.4 is 0 Å². The Hall–Kier alpha value is -2.16. The second-order valence-electron chi connectivity index (χ2n) is 3.55. The minimum absolute atomic E-state index is 0.884. The molecule has 0 radical (unpaired) electrons. The third kappa shape index (κ3) is 1.56. The minimum Gasteiger partial charge on any atom is -0.465 e. The van der Waals surface area contributed by atoms with Crippen LogP contribution in [0.3, 0.4) is 0 Å². The van der Waals surface area contributed by atoms with E-state index in [9.17, 15) is 0 Å². The van der Waals surface area contributed by atoms with Crippen molar-refractivity contribution in [3.8, 4) is 0 Å². The Morgan fingerprint density at radius 2 is 1.94 bits per heavy atom. The van der Waals surface area contributed by atoms with Gasteiger partial charge in [-0.1, -0.05) is 0 Å². The summed E-state index contributed by atoms with van der Waals surface area (Å²) in [6.45, 7) is 0. The van der Waals surface area contributed by atoms with E-state index >= 15 is 0 Å². The smallest absolute Gasteiger partial charge is 0.130 e. The van der Waals surface area contributed by atoms with Crippen LogP contribution in [0, 0.1) is 0 Å². The van der Waals surface area contributed by atoms with E-state index in [2.05, 4.69) is 16.0 Å². The van der Waals surface area contributed by atoms with Gasteiger partial charge in [-0.25, -0.2) is 0 Å². The Morgan fingerprint density at radius 3 is 2.75 bits per heavy atom. The number of fused-ring (bicyclic) bond motifs is 1. The molecule has 0 N–H and O–H groups in total. The van der Waals surface area contributed by atoms with Gasteiger partial charge < -0.3 is 4.74 Å². The standard InChI is InChI=1S/C13H10N2O/c1-2-8-16-13(3-1)10-4-5-11-12(9-10)15-7-6-14-11/h2-9H,1H2. The fraction of sp³-hybridized carbons (Fsp3) is 0.0769. The summed E-state index contributed by atoms with van der Waals surface area (Å²) in [4.78, 5) is 8.50. The molecule has 0 bridgehead atoms. The van der Waals surface area contributed by atoms with E-state index < -0.39 is 0 Å². The van der Waals surface area contributed by atoms with Crippen molar-refractivity contribution in [3.63, 3.8) is 0 Å². The maximum atomic E-state index is 5.45. The summed E-state index contributed by atoms with van der Waals surface area (Å²) in [6.07, 6.45) is 10.1. The predicted molar refractivity (Wildman–Crippen MR) is 62.4 cm³/mol. The molecule has 0 saturated heterocycles. The highest BCUT2D eigenvalue weighted by Gasteiger charge is 2.05. The quantitative estimate of drug-likeness (QED) is 0.725. The first kappa shape index (κ1) is 9.09. The SMILES string of the molecule is C1=COC(c2ccc3nccnc3c2)=CC1. The molecule has 0 saturated carbocycles. The van der Waals surface area contributed by atoms with Crippen LogP contribution in [0.2, 0.25) is 0 Å². The summed E-state index contributed by atoms with van der Waals surface area (Å²) in [6, 6.07) is 5.95. The summed E-state index contributed by atoms with van der Waals surface area (Å²) in [7, 11) is 0. The summed E-state index contributed by atoms with van der Waals surface area (Å²) < 4.78 is 5.45. The zero-order valence-corrected chi connectivity index (χ0v) is 8.63. The monoisotopic (exact) mass is 210 g/mol. The van der Waals surface area contributed by atoms with Crippen LogP contribution in [0.5, 0.6) is 0 Å². The van der Waals surface area contributed by atoms with Crippen molar-refractivity contribution in [1.29, 1.82) is 0 Å². The average molecular weight is 210 g/mol. The van der Waals surface area contributed by atoms with Gasteiger partial charge in [-0.05, 0) is 36.8 Å². The van der Waals surface area contributed by atoms with Crippen LogP contribution in [0.1, 0.15) is 12.0 Å². The molecule has 3 heteroatoms. The van der Waals surface area contributed by atoms with Crippen LogP contribution in [0.4, 0.5) is 0 Å². The van der Waals surface area contributed by atoms with Gasteiger partial charge in [-0.2, -0.15) is 0 Å². The van der Waals surface area contributed by atoms with Gasteiger partial charge in [0.15, 0.2) is 0 Å². The Bertz CT molecular complexity index is 587. The van der Waals surface area contributed by atoms with Crippen molar-refractivity contribution in [2.24, 2.45) is 0 Å². The predicted octanol–water partition coefficient (Wildman–Crippen LogP) is 2.90. The fourth-order valence-corrected chi connectivity index (χ4v) is 1.70. The molecule has 3 nitrogen and oxygen atoms in total. The molecule has 0 fully saturated rings. The molecule has 2 heterocycles. The summed E-state index contributed by atoms with van der Waals surface area (Å²) in [5.74, 6) is 0.884. The molecular formula is C13H10N2O. The van der Waals surface area contributed by atoms with E-state index in [1.54, 1.807) is 18.7 Å².